The molecule has 1 fully saturated rings. The predicted molar refractivity (Wildman–Crippen MR) is 157 cm³/mol. The van der Waals surface area contributed by atoms with E-state index in [1.54, 1.807) is 6.08 Å². The molecule has 2 aromatic rings. The quantitative estimate of drug-likeness (QED) is 0.170. The van der Waals surface area contributed by atoms with Gasteiger partial charge in [0.15, 0.2) is 0 Å². The minimum absolute atomic E-state index is 0.0242. The first-order chi connectivity index (χ1) is 18.0. The van der Waals surface area contributed by atoms with Crippen molar-refractivity contribution in [3.8, 4) is 0 Å². The molecule has 0 bridgehead atoms. The third kappa shape index (κ3) is 7.78. The van der Waals surface area contributed by atoms with Crippen LogP contribution in [0.2, 0.25) is 18.6 Å². The lowest BCUT2D eigenvalue weighted by molar-refractivity contribution is -0.125. The van der Waals surface area contributed by atoms with Gasteiger partial charge in [-0.3, -0.25) is 4.79 Å². The number of hydrogen-bond acceptors (Lipinski definition) is 4. The lowest BCUT2D eigenvalue weighted by Crippen LogP contribution is -2.47. The van der Waals surface area contributed by atoms with Crippen molar-refractivity contribution in [3.63, 3.8) is 0 Å². The topological polar surface area (TPSA) is 55.8 Å². The van der Waals surface area contributed by atoms with Gasteiger partial charge < -0.3 is 9.47 Å². The highest BCUT2D eigenvalue weighted by Crippen LogP contribution is 2.34. The zero-order valence-corrected chi connectivity index (χ0v) is 24.6. The Morgan fingerprint density at radius 3 is 2.34 bits per heavy atom. The van der Waals surface area contributed by atoms with Gasteiger partial charge in [-0.2, -0.15) is 0 Å². The summed E-state index contributed by atoms with van der Waals surface area (Å²) in [6, 6.07) is 20.6. The Morgan fingerprint density at radius 2 is 1.74 bits per heavy atom. The molecule has 38 heavy (non-hydrogen) atoms. The number of imide groups is 1. The second kappa shape index (κ2) is 13.2. The first-order valence-electron chi connectivity index (χ1n) is 13.5. The average Bonchev–Trinajstić information content (AvgIpc) is 3.29. The van der Waals surface area contributed by atoms with Crippen molar-refractivity contribution in [2.45, 2.75) is 77.4 Å². The normalized spacial score (nSPS) is 17.9. The number of carbonyl (C=O) groups is 2. The number of allylic oxidation sites excluding steroid dienone is 1. The summed E-state index contributed by atoms with van der Waals surface area (Å²) in [7, 11) is -1.95. The minimum atomic E-state index is -1.95. The molecule has 6 heteroatoms. The summed E-state index contributed by atoms with van der Waals surface area (Å²) >= 11 is 0. The fraction of sp³-hybridized carbons (Fsp3) is 0.438. The van der Waals surface area contributed by atoms with Crippen LogP contribution in [0.5, 0.6) is 0 Å². The molecule has 0 spiro atoms. The van der Waals surface area contributed by atoms with Crippen LogP contribution in [0.1, 0.15) is 45.6 Å². The van der Waals surface area contributed by atoms with Crippen LogP contribution >= 0.6 is 0 Å². The molecule has 0 aliphatic carbocycles. The first kappa shape index (κ1) is 29.6. The summed E-state index contributed by atoms with van der Waals surface area (Å²) in [6.45, 7) is 15.6. The van der Waals surface area contributed by atoms with E-state index in [9.17, 15) is 9.59 Å². The second-order valence-electron chi connectivity index (χ2n) is 11.8. The predicted octanol–water partition coefficient (Wildman–Crippen LogP) is 6.86. The van der Waals surface area contributed by atoms with E-state index in [1.165, 1.54) is 10.1 Å². The van der Waals surface area contributed by atoms with Crippen LogP contribution < -0.4 is 5.19 Å². The van der Waals surface area contributed by atoms with Gasteiger partial charge in [0.1, 0.15) is 6.61 Å². The fourth-order valence-electron chi connectivity index (χ4n) is 5.03. The number of nitrogens with zero attached hydrogens (tertiary/aromatic N) is 1. The lowest BCUT2D eigenvalue weighted by atomic mass is 9.86. The van der Waals surface area contributed by atoms with E-state index in [1.807, 2.05) is 57.2 Å². The summed E-state index contributed by atoms with van der Waals surface area (Å²) < 4.78 is 11.6. The third-order valence-electron chi connectivity index (χ3n) is 7.64. The summed E-state index contributed by atoms with van der Waals surface area (Å²) in [5, 5.41) is 1.38. The van der Waals surface area contributed by atoms with Gasteiger partial charge in [0.2, 0.25) is 0 Å². The molecule has 1 saturated heterocycles. The van der Waals surface area contributed by atoms with Crippen molar-refractivity contribution in [2.75, 3.05) is 6.61 Å². The summed E-state index contributed by atoms with van der Waals surface area (Å²) in [5.74, 6) is -0.312. The Balaban J connectivity index is 1.79. The van der Waals surface area contributed by atoms with Crippen molar-refractivity contribution in [3.05, 3.63) is 91.0 Å². The Morgan fingerprint density at radius 1 is 1.11 bits per heavy atom. The number of cyclic esters (lactones) is 1. The first-order valence-corrected chi connectivity index (χ1v) is 16.6. The Bertz CT molecular complexity index is 1090. The SMILES string of the molecule is C=CC[C@@H](C[C@H](C/C=C/C(=O)N1C(=O)OC[C@@H]1C(C)(C)C)[Si](C)(C)c1ccccc1)OCc1ccccc1. The summed E-state index contributed by atoms with van der Waals surface area (Å²) in [5.41, 5.74) is 1.21. The zero-order chi connectivity index (χ0) is 27.8. The molecule has 1 heterocycles. The van der Waals surface area contributed by atoms with Crippen molar-refractivity contribution in [1.29, 1.82) is 0 Å². The van der Waals surface area contributed by atoms with E-state index < -0.39 is 14.2 Å². The van der Waals surface area contributed by atoms with Gasteiger partial charge in [0, 0.05) is 0 Å². The van der Waals surface area contributed by atoms with Crippen LogP contribution in [0.3, 0.4) is 0 Å². The Hall–Kier alpha value is -2.96. The molecule has 2 aromatic carbocycles. The molecule has 2 amide bonds. The van der Waals surface area contributed by atoms with Crippen LogP contribution in [0.4, 0.5) is 4.79 Å². The van der Waals surface area contributed by atoms with Crippen LogP contribution in [0.15, 0.2) is 85.5 Å². The maximum absolute atomic E-state index is 13.1. The van der Waals surface area contributed by atoms with E-state index in [0.717, 1.165) is 24.8 Å². The van der Waals surface area contributed by atoms with E-state index in [-0.39, 0.29) is 30.1 Å². The summed E-state index contributed by atoms with van der Waals surface area (Å²) in [6.07, 6.45) is 7.24. The van der Waals surface area contributed by atoms with Crippen LogP contribution in [0.25, 0.3) is 0 Å². The zero-order valence-electron chi connectivity index (χ0n) is 23.6. The highest BCUT2D eigenvalue weighted by Gasteiger charge is 2.43. The van der Waals surface area contributed by atoms with E-state index >= 15 is 0 Å². The number of ether oxygens (including phenoxy) is 2. The van der Waals surface area contributed by atoms with Gasteiger partial charge in [0.25, 0.3) is 5.91 Å². The molecular weight excluding hydrogens is 490 g/mol. The maximum atomic E-state index is 13.1. The van der Waals surface area contributed by atoms with Crippen LogP contribution in [0, 0.1) is 5.41 Å². The van der Waals surface area contributed by atoms with Gasteiger partial charge in [0.05, 0.1) is 26.8 Å². The molecule has 0 N–H and O–H groups in total. The molecule has 0 aromatic heterocycles. The molecule has 0 radical (unpaired) electrons. The molecular formula is C32H43NO4Si. The highest BCUT2D eigenvalue weighted by atomic mass is 28.3. The molecule has 3 rings (SSSR count). The number of carbonyl (C=O) groups excluding carboxylic acids is 2. The Labute approximate surface area is 229 Å². The number of benzene rings is 2. The van der Waals surface area contributed by atoms with Crippen molar-refractivity contribution in [1.82, 2.24) is 4.90 Å². The number of rotatable bonds is 12. The maximum Gasteiger partial charge on any atom is 0.417 e. The minimum Gasteiger partial charge on any atom is -0.447 e. The highest BCUT2D eigenvalue weighted by molar-refractivity contribution is 6.91. The second-order valence-corrected chi connectivity index (χ2v) is 16.6. The molecule has 1 aliphatic heterocycles. The monoisotopic (exact) mass is 533 g/mol. The summed E-state index contributed by atoms with van der Waals surface area (Å²) in [4.78, 5) is 26.7. The fourth-order valence-corrected chi connectivity index (χ4v) is 8.13. The number of amides is 2. The Kier molecular flexibility index (Phi) is 10.3. The van der Waals surface area contributed by atoms with Crippen LogP contribution in [-0.2, 0) is 20.9 Å². The van der Waals surface area contributed by atoms with Gasteiger partial charge in [-0.15, -0.1) is 6.58 Å². The molecule has 3 atom stereocenters. The smallest absolute Gasteiger partial charge is 0.417 e. The average molecular weight is 534 g/mol. The van der Waals surface area contributed by atoms with Gasteiger partial charge >= 0.3 is 6.09 Å². The van der Waals surface area contributed by atoms with Gasteiger partial charge in [-0.25, -0.2) is 9.69 Å². The molecule has 1 aliphatic rings. The van der Waals surface area contributed by atoms with Crippen molar-refractivity contribution in [2.24, 2.45) is 5.41 Å². The molecule has 0 unspecified atom stereocenters. The largest absolute Gasteiger partial charge is 0.447 e. The number of hydrogen-bond donors (Lipinski definition) is 0. The van der Waals surface area contributed by atoms with E-state index in [0.29, 0.717) is 12.1 Å². The molecule has 0 saturated carbocycles. The van der Waals surface area contributed by atoms with Crippen LogP contribution in [-0.4, -0.2) is 43.7 Å². The van der Waals surface area contributed by atoms with E-state index in [2.05, 4.69) is 56.1 Å². The third-order valence-corrected chi connectivity index (χ3v) is 12.0. The van der Waals surface area contributed by atoms with Gasteiger partial charge in [-0.1, -0.05) is 112 Å². The van der Waals surface area contributed by atoms with E-state index in [4.69, 9.17) is 9.47 Å². The molecule has 204 valence electrons. The van der Waals surface area contributed by atoms with Gasteiger partial charge in [-0.05, 0) is 41.9 Å². The van der Waals surface area contributed by atoms with Crippen molar-refractivity contribution >= 4 is 25.3 Å². The standard InChI is InChI=1S/C32H43NO4Si/c1-7-15-26(36-23-25-16-10-8-11-17-25)22-28(38(5,6)27-18-12-9-13-19-27)20-14-21-30(34)33-29(32(2,3)4)24-37-31(33)35/h7-14,16-19,21,26,28-29H,1,15,20,22-24H2,2-6H3/b21-14+/t26-,28-,29+/m0/s1. The van der Waals surface area contributed by atoms with Crippen molar-refractivity contribution < 1.29 is 19.1 Å². The lowest BCUT2D eigenvalue weighted by Gasteiger charge is -2.35. The molecule has 5 nitrogen and oxygen atoms in total.